The lowest BCUT2D eigenvalue weighted by Gasteiger charge is -2.25. The van der Waals surface area contributed by atoms with Crippen molar-refractivity contribution >= 4 is 17.4 Å². The second kappa shape index (κ2) is 5.35. The van der Waals surface area contributed by atoms with Crippen molar-refractivity contribution in [3.05, 3.63) is 34.4 Å². The van der Waals surface area contributed by atoms with Crippen LogP contribution in [0.1, 0.15) is 43.0 Å². The van der Waals surface area contributed by atoms with Crippen molar-refractivity contribution in [1.29, 1.82) is 0 Å². The van der Waals surface area contributed by atoms with Crippen molar-refractivity contribution in [2.75, 3.05) is 0 Å². The standard InChI is InChI=1S/C14H15ClF2O/c1-8-2-4-9(5-3-8)14(18)10-6-13(17)11(15)7-12(10)16/h6-9H,2-5H2,1H3. The molecule has 0 N–H and O–H groups in total. The first-order chi connectivity index (χ1) is 8.49. The minimum atomic E-state index is -0.745. The molecule has 1 nitrogen and oxygen atoms in total. The van der Waals surface area contributed by atoms with Crippen LogP contribution in [-0.2, 0) is 0 Å². The largest absolute Gasteiger partial charge is 0.294 e. The van der Waals surface area contributed by atoms with Gasteiger partial charge in [0.1, 0.15) is 11.6 Å². The van der Waals surface area contributed by atoms with E-state index >= 15 is 0 Å². The van der Waals surface area contributed by atoms with Gasteiger partial charge in [0, 0.05) is 5.92 Å². The van der Waals surface area contributed by atoms with Gasteiger partial charge in [-0.2, -0.15) is 0 Å². The smallest absolute Gasteiger partial charge is 0.168 e. The van der Waals surface area contributed by atoms with Gasteiger partial charge in [-0.3, -0.25) is 4.79 Å². The number of rotatable bonds is 2. The fourth-order valence-electron chi connectivity index (χ4n) is 2.45. The van der Waals surface area contributed by atoms with E-state index in [1.165, 1.54) is 0 Å². The van der Waals surface area contributed by atoms with Crippen molar-refractivity contribution in [2.24, 2.45) is 11.8 Å². The molecule has 1 fully saturated rings. The van der Waals surface area contributed by atoms with E-state index in [0.29, 0.717) is 5.92 Å². The molecule has 0 amide bonds. The van der Waals surface area contributed by atoms with Crippen molar-refractivity contribution in [3.8, 4) is 0 Å². The Morgan fingerprint density at radius 2 is 1.78 bits per heavy atom. The molecule has 1 aromatic rings. The highest BCUT2D eigenvalue weighted by molar-refractivity contribution is 6.30. The lowest BCUT2D eigenvalue weighted by Crippen LogP contribution is -2.22. The van der Waals surface area contributed by atoms with E-state index in [1.54, 1.807) is 0 Å². The second-order valence-corrected chi connectivity index (χ2v) is 5.47. The number of ketones is 1. The number of benzene rings is 1. The monoisotopic (exact) mass is 272 g/mol. The van der Waals surface area contributed by atoms with Crippen LogP contribution in [0.15, 0.2) is 12.1 Å². The Balaban J connectivity index is 2.21. The molecule has 0 unspecified atom stereocenters. The molecule has 98 valence electrons. The Labute approximate surface area is 110 Å². The Kier molecular flexibility index (Phi) is 4.00. The Morgan fingerprint density at radius 3 is 2.39 bits per heavy atom. The molecule has 0 radical (unpaired) electrons. The molecule has 0 bridgehead atoms. The SMILES string of the molecule is CC1CCC(C(=O)c2cc(F)c(Cl)cc2F)CC1. The molecule has 1 aromatic carbocycles. The van der Waals surface area contributed by atoms with Gasteiger partial charge in [-0.15, -0.1) is 0 Å². The van der Waals surface area contributed by atoms with E-state index in [9.17, 15) is 13.6 Å². The van der Waals surface area contributed by atoms with Crippen molar-refractivity contribution < 1.29 is 13.6 Å². The summed E-state index contributed by atoms with van der Waals surface area (Å²) in [7, 11) is 0. The van der Waals surface area contributed by atoms with Crippen LogP contribution in [0.2, 0.25) is 5.02 Å². The summed E-state index contributed by atoms with van der Waals surface area (Å²) in [5.74, 6) is -1.34. The summed E-state index contributed by atoms with van der Waals surface area (Å²) in [5, 5.41) is -0.290. The highest BCUT2D eigenvalue weighted by Crippen LogP contribution is 2.32. The molecule has 0 heterocycles. The maximum atomic E-state index is 13.6. The summed E-state index contributed by atoms with van der Waals surface area (Å²) in [5.41, 5.74) is -0.170. The van der Waals surface area contributed by atoms with Crippen molar-refractivity contribution in [3.63, 3.8) is 0 Å². The number of hydrogen-bond donors (Lipinski definition) is 0. The zero-order valence-corrected chi connectivity index (χ0v) is 10.9. The quantitative estimate of drug-likeness (QED) is 0.567. The average Bonchev–Trinajstić information content (AvgIpc) is 2.34. The molecule has 0 aliphatic heterocycles. The topological polar surface area (TPSA) is 17.1 Å². The number of Topliss-reactive ketones (excluding diaryl/α,β-unsaturated/α-hetero) is 1. The lowest BCUT2D eigenvalue weighted by atomic mass is 9.79. The molecule has 4 heteroatoms. The third kappa shape index (κ3) is 2.72. The third-order valence-corrected chi connectivity index (χ3v) is 3.95. The first-order valence-electron chi connectivity index (χ1n) is 6.17. The van der Waals surface area contributed by atoms with E-state index in [-0.39, 0.29) is 22.3 Å². The number of hydrogen-bond acceptors (Lipinski definition) is 1. The molecule has 1 aliphatic carbocycles. The number of carbonyl (C=O) groups is 1. The first-order valence-corrected chi connectivity index (χ1v) is 6.55. The van der Waals surface area contributed by atoms with Gasteiger partial charge >= 0.3 is 0 Å². The van der Waals surface area contributed by atoms with Crippen LogP contribution >= 0.6 is 11.6 Å². The first kappa shape index (κ1) is 13.5. The summed E-state index contributed by atoms with van der Waals surface area (Å²) >= 11 is 5.47. The van der Waals surface area contributed by atoms with Crippen LogP contribution in [0.3, 0.4) is 0 Å². The van der Waals surface area contributed by atoms with E-state index in [4.69, 9.17) is 11.6 Å². The average molecular weight is 273 g/mol. The molecule has 0 spiro atoms. The van der Waals surface area contributed by atoms with Crippen molar-refractivity contribution in [2.45, 2.75) is 32.6 Å². The normalized spacial score (nSPS) is 24.0. The maximum absolute atomic E-state index is 13.6. The molecule has 1 aliphatic rings. The second-order valence-electron chi connectivity index (χ2n) is 5.07. The van der Waals surface area contributed by atoms with Gasteiger partial charge in [-0.05, 0) is 30.9 Å². The maximum Gasteiger partial charge on any atom is 0.168 e. The third-order valence-electron chi connectivity index (χ3n) is 3.66. The van der Waals surface area contributed by atoms with Crippen LogP contribution in [-0.4, -0.2) is 5.78 Å². The van der Waals surface area contributed by atoms with Gasteiger partial charge in [0.2, 0.25) is 0 Å². The van der Waals surface area contributed by atoms with Crippen LogP contribution in [0.25, 0.3) is 0 Å². The van der Waals surface area contributed by atoms with E-state index < -0.39 is 11.6 Å². The molecule has 0 saturated heterocycles. The zero-order valence-electron chi connectivity index (χ0n) is 10.2. The van der Waals surface area contributed by atoms with E-state index in [1.807, 2.05) is 0 Å². The Bertz CT molecular complexity index is 465. The summed E-state index contributed by atoms with van der Waals surface area (Å²) in [4.78, 5) is 12.1. The van der Waals surface area contributed by atoms with Gasteiger partial charge in [0.15, 0.2) is 5.78 Å². The fraction of sp³-hybridized carbons (Fsp3) is 0.500. The van der Waals surface area contributed by atoms with Gasteiger partial charge in [0.25, 0.3) is 0 Å². The zero-order chi connectivity index (χ0) is 13.3. The predicted molar refractivity (Wildman–Crippen MR) is 66.8 cm³/mol. The Morgan fingerprint density at radius 1 is 1.17 bits per heavy atom. The highest BCUT2D eigenvalue weighted by atomic mass is 35.5. The van der Waals surface area contributed by atoms with Crippen LogP contribution in [0, 0.1) is 23.5 Å². The summed E-state index contributed by atoms with van der Waals surface area (Å²) in [6.45, 7) is 2.14. The number of carbonyl (C=O) groups excluding carboxylic acids is 1. The Hall–Kier alpha value is -0.960. The van der Waals surface area contributed by atoms with Gasteiger partial charge in [-0.25, -0.2) is 8.78 Å². The summed E-state index contributed by atoms with van der Waals surface area (Å²) < 4.78 is 26.9. The molecular weight excluding hydrogens is 258 g/mol. The van der Waals surface area contributed by atoms with E-state index in [2.05, 4.69) is 6.92 Å². The summed E-state index contributed by atoms with van der Waals surface area (Å²) in [6.07, 6.45) is 3.44. The van der Waals surface area contributed by atoms with Gasteiger partial charge in [0.05, 0.1) is 10.6 Å². The molecule has 0 aromatic heterocycles. The van der Waals surface area contributed by atoms with Crippen LogP contribution in [0.5, 0.6) is 0 Å². The lowest BCUT2D eigenvalue weighted by molar-refractivity contribution is 0.0871. The molecule has 18 heavy (non-hydrogen) atoms. The molecule has 2 rings (SSSR count). The van der Waals surface area contributed by atoms with Crippen molar-refractivity contribution in [1.82, 2.24) is 0 Å². The fourth-order valence-corrected chi connectivity index (χ4v) is 2.60. The minimum absolute atomic E-state index is 0.170. The van der Waals surface area contributed by atoms with E-state index in [0.717, 1.165) is 37.8 Å². The van der Waals surface area contributed by atoms with Gasteiger partial charge in [-0.1, -0.05) is 31.4 Å². The summed E-state index contributed by atoms with van der Waals surface area (Å²) in [6, 6.07) is 1.79. The van der Waals surface area contributed by atoms with Crippen LogP contribution < -0.4 is 0 Å². The molecular formula is C14H15ClF2O. The highest BCUT2D eigenvalue weighted by Gasteiger charge is 2.27. The minimum Gasteiger partial charge on any atom is -0.294 e. The van der Waals surface area contributed by atoms with Gasteiger partial charge < -0.3 is 0 Å². The number of halogens is 3. The molecule has 1 saturated carbocycles. The molecule has 0 atom stereocenters. The predicted octanol–water partition coefficient (Wildman–Crippen LogP) is 4.63. The van der Waals surface area contributed by atoms with Crippen LogP contribution in [0.4, 0.5) is 8.78 Å².